The summed E-state index contributed by atoms with van der Waals surface area (Å²) >= 11 is 0. The summed E-state index contributed by atoms with van der Waals surface area (Å²) in [5.74, 6) is -0.483. The summed E-state index contributed by atoms with van der Waals surface area (Å²) in [6.45, 7) is 5.15. The molecule has 1 aromatic heterocycles. The number of aliphatic hydroxyl groups excluding tert-OH is 1. The lowest BCUT2D eigenvalue weighted by Gasteiger charge is -2.22. The molecule has 1 aromatic rings. The van der Waals surface area contributed by atoms with Crippen LogP contribution in [0.25, 0.3) is 0 Å². The van der Waals surface area contributed by atoms with Crippen molar-refractivity contribution in [1.29, 1.82) is 0 Å². The van der Waals surface area contributed by atoms with Crippen LogP contribution in [0, 0.1) is 5.82 Å². The van der Waals surface area contributed by atoms with Gasteiger partial charge in [-0.3, -0.25) is 4.79 Å². The predicted molar refractivity (Wildman–Crippen MR) is 76.3 cm³/mol. The zero-order valence-electron chi connectivity index (χ0n) is 12.0. The largest absolute Gasteiger partial charge is 0.395 e. The fraction of sp³-hybridized carbons (Fsp3) is 0.571. The molecule has 0 aliphatic carbocycles. The second kappa shape index (κ2) is 8.47. The number of halogens is 1. The van der Waals surface area contributed by atoms with E-state index in [9.17, 15) is 9.18 Å². The van der Waals surface area contributed by atoms with Gasteiger partial charge in [0.1, 0.15) is 11.6 Å². The van der Waals surface area contributed by atoms with Crippen molar-refractivity contribution in [3.63, 3.8) is 0 Å². The van der Waals surface area contributed by atoms with Crippen LogP contribution < -0.4 is 5.32 Å². The first-order valence-corrected chi connectivity index (χ1v) is 6.93. The maximum Gasteiger partial charge on any atom is 0.257 e. The Bertz CT molecular complexity index is 440. The molecular weight excluding hydrogens is 261 g/mol. The van der Waals surface area contributed by atoms with Crippen LogP contribution in [0.2, 0.25) is 0 Å². The maximum absolute atomic E-state index is 13.3. The Kier molecular flexibility index (Phi) is 6.93. The van der Waals surface area contributed by atoms with Gasteiger partial charge in [0.15, 0.2) is 0 Å². The molecule has 0 bridgehead atoms. The molecule has 0 atom stereocenters. The molecule has 2 N–H and O–H groups in total. The van der Waals surface area contributed by atoms with Crippen molar-refractivity contribution >= 4 is 11.7 Å². The average Bonchev–Trinajstić information content (AvgIpc) is 2.45. The van der Waals surface area contributed by atoms with Gasteiger partial charge >= 0.3 is 0 Å². The molecule has 1 rings (SSSR count). The number of anilines is 1. The van der Waals surface area contributed by atoms with Crippen molar-refractivity contribution in [3.05, 3.63) is 23.6 Å². The van der Waals surface area contributed by atoms with Gasteiger partial charge in [0.2, 0.25) is 0 Å². The lowest BCUT2D eigenvalue weighted by Crippen LogP contribution is -2.35. The van der Waals surface area contributed by atoms with E-state index in [1.165, 1.54) is 11.0 Å². The van der Waals surface area contributed by atoms with Gasteiger partial charge < -0.3 is 15.3 Å². The second-order valence-electron chi connectivity index (χ2n) is 4.45. The zero-order chi connectivity index (χ0) is 15.0. The molecular formula is C14H22FN3O2. The zero-order valence-corrected chi connectivity index (χ0v) is 12.0. The first-order chi connectivity index (χ1) is 9.63. The van der Waals surface area contributed by atoms with Gasteiger partial charge in [0.05, 0.1) is 18.4 Å². The van der Waals surface area contributed by atoms with Crippen molar-refractivity contribution in [2.24, 2.45) is 0 Å². The van der Waals surface area contributed by atoms with E-state index in [0.29, 0.717) is 18.9 Å². The Morgan fingerprint density at radius 2 is 2.20 bits per heavy atom. The van der Waals surface area contributed by atoms with Crippen LogP contribution in [0.1, 0.15) is 37.0 Å². The summed E-state index contributed by atoms with van der Waals surface area (Å²) in [5, 5.41) is 12.0. The van der Waals surface area contributed by atoms with Crippen molar-refractivity contribution in [1.82, 2.24) is 9.88 Å². The number of pyridine rings is 1. The first-order valence-electron chi connectivity index (χ1n) is 6.93. The molecule has 1 heterocycles. The summed E-state index contributed by atoms with van der Waals surface area (Å²) < 4.78 is 13.3. The van der Waals surface area contributed by atoms with Gasteiger partial charge in [-0.15, -0.1) is 0 Å². The summed E-state index contributed by atoms with van der Waals surface area (Å²) in [4.78, 5) is 17.9. The Morgan fingerprint density at radius 3 is 2.80 bits per heavy atom. The number of hydrogen-bond donors (Lipinski definition) is 2. The number of aliphatic hydroxyl groups is 1. The molecule has 112 valence electrons. The molecule has 0 aliphatic heterocycles. The molecule has 5 nitrogen and oxygen atoms in total. The van der Waals surface area contributed by atoms with Gasteiger partial charge in [-0.2, -0.15) is 0 Å². The number of carbonyl (C=O) groups is 1. The fourth-order valence-electron chi connectivity index (χ4n) is 1.87. The molecule has 0 aliphatic rings. The summed E-state index contributed by atoms with van der Waals surface area (Å²) in [6.07, 6.45) is 2.86. The molecule has 0 radical (unpaired) electrons. The summed E-state index contributed by atoms with van der Waals surface area (Å²) in [7, 11) is 0. The third kappa shape index (κ3) is 4.45. The Morgan fingerprint density at radius 1 is 1.45 bits per heavy atom. The number of amides is 1. The van der Waals surface area contributed by atoms with E-state index in [4.69, 9.17) is 5.11 Å². The smallest absolute Gasteiger partial charge is 0.257 e. The van der Waals surface area contributed by atoms with Crippen LogP contribution in [0.5, 0.6) is 0 Å². The number of nitrogens with one attached hydrogen (secondary N) is 1. The van der Waals surface area contributed by atoms with Crippen molar-refractivity contribution in [2.75, 3.05) is 31.6 Å². The number of nitrogens with zero attached hydrogens (tertiary/aromatic N) is 2. The van der Waals surface area contributed by atoms with Crippen molar-refractivity contribution < 1.29 is 14.3 Å². The third-order valence-corrected chi connectivity index (χ3v) is 2.87. The third-order valence-electron chi connectivity index (χ3n) is 2.87. The van der Waals surface area contributed by atoms with Gasteiger partial charge in [-0.1, -0.05) is 13.3 Å². The predicted octanol–water partition coefficient (Wildman–Crippen LogP) is 1.89. The summed E-state index contributed by atoms with van der Waals surface area (Å²) in [6, 6.07) is 1.18. The van der Waals surface area contributed by atoms with E-state index in [-0.39, 0.29) is 24.6 Å². The van der Waals surface area contributed by atoms with E-state index in [1.807, 2.05) is 13.8 Å². The minimum absolute atomic E-state index is 0.116. The maximum atomic E-state index is 13.3. The minimum Gasteiger partial charge on any atom is -0.395 e. The number of hydrogen-bond acceptors (Lipinski definition) is 4. The van der Waals surface area contributed by atoms with Gasteiger partial charge in [0.25, 0.3) is 5.91 Å². The SMILES string of the molecule is CCCCN(CCO)C(=O)c1cc(F)cnc1NCC. The topological polar surface area (TPSA) is 65.5 Å². The number of carbonyl (C=O) groups excluding carboxylic acids is 1. The molecule has 0 spiro atoms. The fourth-order valence-corrected chi connectivity index (χ4v) is 1.87. The molecule has 0 saturated carbocycles. The van der Waals surface area contributed by atoms with E-state index in [1.54, 1.807) is 0 Å². The normalized spacial score (nSPS) is 10.4. The monoisotopic (exact) mass is 283 g/mol. The Hall–Kier alpha value is -1.69. The van der Waals surface area contributed by atoms with E-state index < -0.39 is 5.82 Å². The highest BCUT2D eigenvalue weighted by Gasteiger charge is 2.19. The lowest BCUT2D eigenvalue weighted by atomic mass is 10.2. The van der Waals surface area contributed by atoms with E-state index in [0.717, 1.165) is 19.0 Å². The number of rotatable bonds is 8. The Labute approximate surface area is 118 Å². The van der Waals surface area contributed by atoms with E-state index >= 15 is 0 Å². The molecule has 1 amide bonds. The summed E-state index contributed by atoms with van der Waals surface area (Å²) in [5.41, 5.74) is 0.205. The number of aromatic nitrogens is 1. The molecule has 0 fully saturated rings. The van der Waals surface area contributed by atoms with Gasteiger partial charge in [-0.05, 0) is 19.4 Å². The molecule has 0 aromatic carbocycles. The van der Waals surface area contributed by atoms with Crippen LogP contribution in [0.4, 0.5) is 10.2 Å². The minimum atomic E-state index is -0.547. The van der Waals surface area contributed by atoms with Gasteiger partial charge in [-0.25, -0.2) is 9.37 Å². The number of unbranched alkanes of at least 4 members (excludes halogenated alkanes) is 1. The van der Waals surface area contributed by atoms with Crippen LogP contribution in [-0.4, -0.2) is 47.1 Å². The van der Waals surface area contributed by atoms with Gasteiger partial charge in [0, 0.05) is 19.6 Å². The quantitative estimate of drug-likeness (QED) is 0.764. The van der Waals surface area contributed by atoms with Crippen LogP contribution in [0.3, 0.4) is 0 Å². The molecule has 6 heteroatoms. The highest BCUT2D eigenvalue weighted by molar-refractivity contribution is 5.98. The standard InChI is InChI=1S/C14H22FN3O2/c1-3-5-6-18(7-8-19)14(20)12-9-11(15)10-17-13(12)16-4-2/h9-10,19H,3-8H2,1-2H3,(H,16,17). The van der Waals surface area contributed by atoms with Crippen molar-refractivity contribution in [2.45, 2.75) is 26.7 Å². The second-order valence-corrected chi connectivity index (χ2v) is 4.45. The van der Waals surface area contributed by atoms with Crippen molar-refractivity contribution in [3.8, 4) is 0 Å². The van der Waals surface area contributed by atoms with E-state index in [2.05, 4.69) is 10.3 Å². The highest BCUT2D eigenvalue weighted by Crippen LogP contribution is 2.16. The first kappa shape index (κ1) is 16.4. The highest BCUT2D eigenvalue weighted by atomic mass is 19.1. The molecule has 0 saturated heterocycles. The van der Waals surface area contributed by atoms with Crippen LogP contribution in [-0.2, 0) is 0 Å². The molecule has 20 heavy (non-hydrogen) atoms. The van der Waals surface area contributed by atoms with Crippen LogP contribution in [0.15, 0.2) is 12.3 Å². The average molecular weight is 283 g/mol. The Balaban J connectivity index is 2.99. The van der Waals surface area contributed by atoms with Crippen LogP contribution >= 0.6 is 0 Å². The lowest BCUT2D eigenvalue weighted by molar-refractivity contribution is 0.0719. The molecule has 0 unspecified atom stereocenters.